The second-order valence-electron chi connectivity index (χ2n) is 7.40. The Bertz CT molecular complexity index is 1010. The molecule has 0 spiro atoms. The minimum Gasteiger partial charge on any atom is -0.336 e. The van der Waals surface area contributed by atoms with Gasteiger partial charge in [0.05, 0.1) is 10.9 Å². The van der Waals surface area contributed by atoms with E-state index in [1.807, 2.05) is 27.0 Å². The maximum atomic E-state index is 13.1. The third kappa shape index (κ3) is 3.82. The zero-order valence-electron chi connectivity index (χ0n) is 16.1. The van der Waals surface area contributed by atoms with Gasteiger partial charge in [0.15, 0.2) is 10.6 Å². The summed E-state index contributed by atoms with van der Waals surface area (Å²) in [4.78, 5) is 16.1. The van der Waals surface area contributed by atoms with Crippen molar-refractivity contribution in [1.29, 1.82) is 0 Å². The van der Waals surface area contributed by atoms with Gasteiger partial charge in [0.2, 0.25) is 5.91 Å². The van der Waals surface area contributed by atoms with Crippen LogP contribution in [0.25, 0.3) is 10.7 Å². The van der Waals surface area contributed by atoms with Crippen molar-refractivity contribution in [2.75, 3.05) is 6.54 Å². The number of rotatable bonds is 5. The van der Waals surface area contributed by atoms with Crippen LogP contribution in [-0.4, -0.2) is 32.1 Å². The van der Waals surface area contributed by atoms with E-state index in [4.69, 9.17) is 12.2 Å². The summed E-state index contributed by atoms with van der Waals surface area (Å²) in [5.74, 6) is 0.988. The number of aromatic amines is 1. The Hall–Kier alpha value is -2.25. The molecule has 2 aromatic heterocycles. The summed E-state index contributed by atoms with van der Waals surface area (Å²) in [7, 11) is 0. The first kappa shape index (κ1) is 19.1. The van der Waals surface area contributed by atoms with Crippen molar-refractivity contribution >= 4 is 29.5 Å². The first-order valence-corrected chi connectivity index (χ1v) is 10.9. The Kier molecular flexibility index (Phi) is 5.46. The number of hydrogen-bond acceptors (Lipinski definition) is 4. The van der Waals surface area contributed by atoms with Crippen LogP contribution in [0.1, 0.15) is 42.0 Å². The highest BCUT2D eigenvalue weighted by molar-refractivity contribution is 7.71. The van der Waals surface area contributed by atoms with Crippen LogP contribution in [-0.2, 0) is 11.3 Å². The molecule has 1 aromatic carbocycles. The number of aromatic nitrogens is 3. The third-order valence-corrected chi connectivity index (χ3v) is 6.43. The van der Waals surface area contributed by atoms with Crippen molar-refractivity contribution in [3.63, 3.8) is 0 Å². The summed E-state index contributed by atoms with van der Waals surface area (Å²) >= 11 is 7.01. The molecule has 3 aromatic rings. The van der Waals surface area contributed by atoms with Crippen molar-refractivity contribution in [2.45, 2.75) is 45.7 Å². The highest BCUT2D eigenvalue weighted by Crippen LogP contribution is 2.33. The summed E-state index contributed by atoms with van der Waals surface area (Å²) in [5, 5.41) is 9.23. The smallest absolute Gasteiger partial charge is 0.224 e. The fourth-order valence-corrected chi connectivity index (χ4v) is 5.03. The molecular formula is C21H24N4OS2. The summed E-state index contributed by atoms with van der Waals surface area (Å²) in [6.07, 6.45) is 2.50. The lowest BCUT2D eigenvalue weighted by molar-refractivity contribution is -0.132. The van der Waals surface area contributed by atoms with Crippen molar-refractivity contribution < 1.29 is 4.79 Å². The molecule has 5 nitrogen and oxygen atoms in total. The molecule has 0 bridgehead atoms. The van der Waals surface area contributed by atoms with Crippen LogP contribution < -0.4 is 0 Å². The van der Waals surface area contributed by atoms with E-state index in [2.05, 4.69) is 42.2 Å². The van der Waals surface area contributed by atoms with Crippen LogP contribution in [0.2, 0.25) is 0 Å². The van der Waals surface area contributed by atoms with E-state index in [0.717, 1.165) is 30.1 Å². The number of carbonyl (C=O) groups is 1. The number of aryl methyl sites for hydroxylation is 2. The second-order valence-corrected chi connectivity index (χ2v) is 8.73. The van der Waals surface area contributed by atoms with Crippen LogP contribution in [0.5, 0.6) is 0 Å². The number of H-pyrrole nitrogens is 1. The van der Waals surface area contributed by atoms with Crippen LogP contribution in [0.4, 0.5) is 0 Å². The Morgan fingerprint density at radius 3 is 2.82 bits per heavy atom. The lowest BCUT2D eigenvalue weighted by Crippen LogP contribution is -2.31. The summed E-state index contributed by atoms with van der Waals surface area (Å²) in [5.41, 5.74) is 3.75. The molecule has 1 N–H and O–H groups in total. The minimum absolute atomic E-state index is 0.181. The fraction of sp³-hybridized carbons (Fsp3) is 0.381. The molecule has 0 aliphatic carbocycles. The number of nitrogens with zero attached hydrogens (tertiary/aromatic N) is 3. The Morgan fingerprint density at radius 1 is 1.32 bits per heavy atom. The van der Waals surface area contributed by atoms with Gasteiger partial charge in [-0.25, -0.2) is 0 Å². The van der Waals surface area contributed by atoms with E-state index in [1.54, 1.807) is 11.3 Å². The van der Waals surface area contributed by atoms with E-state index in [1.165, 1.54) is 16.7 Å². The molecular weight excluding hydrogens is 388 g/mol. The molecule has 0 saturated carbocycles. The summed E-state index contributed by atoms with van der Waals surface area (Å²) < 4.78 is 2.49. The lowest BCUT2D eigenvalue weighted by atomic mass is 9.99. The highest BCUT2D eigenvalue weighted by Gasteiger charge is 2.30. The van der Waals surface area contributed by atoms with E-state index < -0.39 is 0 Å². The zero-order valence-corrected chi connectivity index (χ0v) is 17.8. The number of benzene rings is 1. The Morgan fingerprint density at radius 2 is 2.11 bits per heavy atom. The van der Waals surface area contributed by atoms with Gasteiger partial charge in [-0.1, -0.05) is 35.4 Å². The normalized spacial score (nSPS) is 16.6. The van der Waals surface area contributed by atoms with Crippen LogP contribution in [0.3, 0.4) is 0 Å². The number of likely N-dealkylation sites (tertiary alicyclic amines) is 1. The maximum Gasteiger partial charge on any atom is 0.224 e. The summed E-state index contributed by atoms with van der Waals surface area (Å²) in [6, 6.07) is 10.8. The number of carbonyl (C=O) groups excluding carboxylic acids is 1. The molecule has 1 amide bonds. The topological polar surface area (TPSA) is 53.9 Å². The van der Waals surface area contributed by atoms with E-state index in [-0.39, 0.29) is 11.9 Å². The first-order valence-electron chi connectivity index (χ1n) is 9.59. The van der Waals surface area contributed by atoms with Crippen molar-refractivity contribution in [1.82, 2.24) is 19.7 Å². The van der Waals surface area contributed by atoms with Gasteiger partial charge in [0, 0.05) is 19.5 Å². The number of amides is 1. The zero-order chi connectivity index (χ0) is 19.7. The molecule has 4 rings (SSSR count). The van der Waals surface area contributed by atoms with Crippen molar-refractivity contribution in [3.8, 4) is 10.7 Å². The molecule has 0 radical (unpaired) electrons. The van der Waals surface area contributed by atoms with Gasteiger partial charge in [-0.2, -0.15) is 5.10 Å². The SMILES string of the molecule is Cc1cc(C)cc(C2CCCN2C(=O)CCn2c(-c3cccs3)n[nH]c2=S)c1. The van der Waals surface area contributed by atoms with Gasteiger partial charge in [-0.3, -0.25) is 14.5 Å². The standard InChI is InChI=1S/C21H24N4OS2/c1-14-11-15(2)13-16(12-14)17-5-3-8-24(17)19(26)7-9-25-20(22-23-21(25)27)18-6-4-10-28-18/h4,6,10-13,17H,3,5,7-9H2,1-2H3,(H,23,27). The second kappa shape index (κ2) is 8.01. The van der Waals surface area contributed by atoms with Gasteiger partial charge >= 0.3 is 0 Å². The predicted molar refractivity (Wildman–Crippen MR) is 115 cm³/mol. The van der Waals surface area contributed by atoms with Crippen LogP contribution >= 0.6 is 23.6 Å². The average molecular weight is 413 g/mol. The molecule has 1 saturated heterocycles. The largest absolute Gasteiger partial charge is 0.336 e. The molecule has 1 atom stereocenters. The van der Waals surface area contributed by atoms with E-state index in [9.17, 15) is 4.79 Å². The molecule has 28 heavy (non-hydrogen) atoms. The molecule has 1 aliphatic heterocycles. The van der Waals surface area contributed by atoms with Gasteiger partial charge in [-0.15, -0.1) is 11.3 Å². The highest BCUT2D eigenvalue weighted by atomic mass is 32.1. The molecule has 1 aliphatic rings. The maximum absolute atomic E-state index is 13.1. The fourth-order valence-electron chi connectivity index (χ4n) is 4.08. The molecule has 3 heterocycles. The molecule has 1 unspecified atom stereocenters. The van der Waals surface area contributed by atoms with Gasteiger partial charge in [0.25, 0.3) is 0 Å². The van der Waals surface area contributed by atoms with Gasteiger partial charge in [0.1, 0.15) is 0 Å². The first-order chi connectivity index (χ1) is 13.5. The predicted octanol–water partition coefficient (Wildman–Crippen LogP) is 5.04. The van der Waals surface area contributed by atoms with Gasteiger partial charge < -0.3 is 4.90 Å². The minimum atomic E-state index is 0.181. The van der Waals surface area contributed by atoms with Crippen LogP contribution in [0.15, 0.2) is 35.7 Å². The molecule has 146 valence electrons. The van der Waals surface area contributed by atoms with E-state index >= 15 is 0 Å². The quantitative estimate of drug-likeness (QED) is 0.597. The summed E-state index contributed by atoms with van der Waals surface area (Å²) in [6.45, 7) is 5.59. The Labute approximate surface area is 174 Å². The van der Waals surface area contributed by atoms with Crippen LogP contribution in [0, 0.1) is 18.6 Å². The lowest BCUT2D eigenvalue weighted by Gasteiger charge is -2.26. The van der Waals surface area contributed by atoms with E-state index in [0.29, 0.717) is 17.7 Å². The number of thiophene rings is 1. The number of nitrogens with one attached hydrogen (secondary N) is 1. The third-order valence-electron chi connectivity index (χ3n) is 5.25. The van der Waals surface area contributed by atoms with Crippen molar-refractivity contribution in [3.05, 3.63) is 57.2 Å². The van der Waals surface area contributed by atoms with Gasteiger partial charge in [-0.05, 0) is 55.9 Å². The van der Waals surface area contributed by atoms with Crippen molar-refractivity contribution in [2.24, 2.45) is 0 Å². The molecule has 7 heteroatoms. The number of hydrogen-bond donors (Lipinski definition) is 1. The average Bonchev–Trinajstić information content (AvgIpc) is 3.39. The monoisotopic (exact) mass is 412 g/mol. The Balaban J connectivity index is 1.50. The molecule has 1 fully saturated rings.